The predicted molar refractivity (Wildman–Crippen MR) is 125 cm³/mol. The molecule has 0 unspecified atom stereocenters. The van der Waals surface area contributed by atoms with E-state index < -0.39 is 0 Å². The van der Waals surface area contributed by atoms with Crippen molar-refractivity contribution in [1.29, 1.82) is 0 Å². The summed E-state index contributed by atoms with van der Waals surface area (Å²) in [4.78, 5) is 12.8. The van der Waals surface area contributed by atoms with Gasteiger partial charge in [0.05, 0.1) is 6.04 Å². The maximum Gasteiger partial charge on any atom is 0.251 e. The Morgan fingerprint density at radius 3 is 1.80 bits per heavy atom. The second-order valence-corrected chi connectivity index (χ2v) is 10.2. The van der Waals surface area contributed by atoms with Gasteiger partial charge in [-0.1, -0.05) is 77.4 Å². The molecule has 2 aromatic carbocycles. The van der Waals surface area contributed by atoms with E-state index in [0.29, 0.717) is 5.75 Å². The quantitative estimate of drug-likeness (QED) is 0.574. The van der Waals surface area contributed by atoms with Crippen LogP contribution in [0.25, 0.3) is 0 Å². The van der Waals surface area contributed by atoms with Crippen molar-refractivity contribution in [3.63, 3.8) is 0 Å². The van der Waals surface area contributed by atoms with Crippen LogP contribution in [0.5, 0.6) is 5.75 Å². The fraction of sp³-hybridized carbons (Fsp3) is 0.370. The molecule has 0 saturated heterocycles. The Hall–Kier alpha value is -2.81. The zero-order valence-electron chi connectivity index (χ0n) is 19.2. The Morgan fingerprint density at radius 1 is 0.800 bits per heavy atom. The van der Waals surface area contributed by atoms with Gasteiger partial charge in [-0.25, -0.2) is 0 Å². The Labute approximate surface area is 180 Å². The molecule has 0 spiro atoms. The van der Waals surface area contributed by atoms with Crippen molar-refractivity contribution in [2.45, 2.75) is 65.3 Å². The number of phenols is 1. The van der Waals surface area contributed by atoms with Crippen LogP contribution < -0.4 is 5.56 Å². The molecule has 0 radical (unpaired) electrons. The normalized spacial score (nSPS) is 13.3. The molecule has 158 valence electrons. The number of aromatic hydroxyl groups is 1. The van der Waals surface area contributed by atoms with E-state index in [9.17, 15) is 9.90 Å². The lowest BCUT2D eigenvalue weighted by molar-refractivity contribution is 0.422. The molecule has 1 heterocycles. The van der Waals surface area contributed by atoms with E-state index in [1.807, 2.05) is 12.3 Å². The van der Waals surface area contributed by atoms with Crippen molar-refractivity contribution in [1.82, 2.24) is 4.57 Å². The first-order valence-corrected chi connectivity index (χ1v) is 10.5. The number of benzene rings is 2. The van der Waals surface area contributed by atoms with Gasteiger partial charge in [0.25, 0.3) is 5.56 Å². The molecule has 1 aromatic heterocycles. The van der Waals surface area contributed by atoms with E-state index in [4.69, 9.17) is 0 Å². The van der Waals surface area contributed by atoms with Crippen molar-refractivity contribution in [2.24, 2.45) is 0 Å². The van der Waals surface area contributed by atoms with E-state index in [-0.39, 0.29) is 22.4 Å². The SMILES string of the molecule is Cc1ccc([C@@H](c2cc(C(C)(C)C)c(O)c(C(C)(C)C)c2)n2ccccc2=O)cc1. The maximum atomic E-state index is 12.8. The maximum absolute atomic E-state index is 12.8. The van der Waals surface area contributed by atoms with Crippen molar-refractivity contribution in [2.75, 3.05) is 0 Å². The predicted octanol–water partition coefficient (Wildman–Crippen LogP) is 6.10. The first-order chi connectivity index (χ1) is 13.9. The molecule has 30 heavy (non-hydrogen) atoms. The third-order valence-electron chi connectivity index (χ3n) is 5.59. The van der Waals surface area contributed by atoms with Crippen LogP contribution in [0, 0.1) is 6.92 Å². The van der Waals surface area contributed by atoms with Crippen LogP contribution >= 0.6 is 0 Å². The van der Waals surface area contributed by atoms with Crippen LogP contribution in [-0.4, -0.2) is 9.67 Å². The highest BCUT2D eigenvalue weighted by Crippen LogP contribution is 2.42. The summed E-state index contributed by atoms with van der Waals surface area (Å²) in [5.41, 5.74) is 4.48. The number of pyridine rings is 1. The minimum atomic E-state index is -0.276. The zero-order chi connectivity index (χ0) is 22.3. The molecular formula is C27H33NO2. The van der Waals surface area contributed by atoms with Gasteiger partial charge in [-0.2, -0.15) is 0 Å². The molecule has 3 rings (SSSR count). The van der Waals surface area contributed by atoms with Gasteiger partial charge in [0.2, 0.25) is 0 Å². The topological polar surface area (TPSA) is 42.2 Å². The third-order valence-corrected chi connectivity index (χ3v) is 5.59. The lowest BCUT2D eigenvalue weighted by Gasteiger charge is -2.30. The third kappa shape index (κ3) is 4.35. The average molecular weight is 404 g/mol. The zero-order valence-corrected chi connectivity index (χ0v) is 19.2. The number of aromatic nitrogens is 1. The molecule has 0 aliphatic rings. The van der Waals surface area contributed by atoms with E-state index in [0.717, 1.165) is 22.3 Å². The van der Waals surface area contributed by atoms with Crippen molar-refractivity contribution >= 4 is 0 Å². The Morgan fingerprint density at radius 2 is 1.33 bits per heavy atom. The lowest BCUT2D eigenvalue weighted by atomic mass is 9.77. The highest BCUT2D eigenvalue weighted by molar-refractivity contribution is 5.52. The average Bonchev–Trinajstić information content (AvgIpc) is 2.64. The second kappa shape index (κ2) is 7.79. The van der Waals surface area contributed by atoms with Crippen molar-refractivity contribution < 1.29 is 5.11 Å². The van der Waals surface area contributed by atoms with E-state index in [1.54, 1.807) is 16.7 Å². The summed E-state index contributed by atoms with van der Waals surface area (Å²) >= 11 is 0. The summed E-state index contributed by atoms with van der Waals surface area (Å²) in [6.45, 7) is 14.7. The number of rotatable bonds is 3. The van der Waals surface area contributed by atoms with Crippen molar-refractivity contribution in [3.8, 4) is 5.75 Å². The van der Waals surface area contributed by atoms with Gasteiger partial charge in [-0.15, -0.1) is 0 Å². The number of aryl methyl sites for hydroxylation is 1. The summed E-state index contributed by atoms with van der Waals surface area (Å²) in [7, 11) is 0. The molecule has 0 amide bonds. The molecule has 0 bridgehead atoms. The van der Waals surface area contributed by atoms with Gasteiger partial charge in [0, 0.05) is 12.3 Å². The minimum absolute atomic E-state index is 0.0502. The van der Waals surface area contributed by atoms with Crippen LogP contribution in [0.4, 0.5) is 0 Å². The van der Waals surface area contributed by atoms with Gasteiger partial charge >= 0.3 is 0 Å². The van der Waals surface area contributed by atoms with Gasteiger partial charge in [0.15, 0.2) is 0 Å². The van der Waals surface area contributed by atoms with Crippen LogP contribution in [0.1, 0.15) is 75.4 Å². The smallest absolute Gasteiger partial charge is 0.251 e. The summed E-state index contributed by atoms with van der Waals surface area (Å²) in [6, 6.07) is 17.4. The fourth-order valence-corrected chi connectivity index (χ4v) is 3.87. The summed E-state index contributed by atoms with van der Waals surface area (Å²) in [5.74, 6) is 0.349. The largest absolute Gasteiger partial charge is 0.507 e. The lowest BCUT2D eigenvalue weighted by Crippen LogP contribution is -2.26. The monoisotopic (exact) mass is 403 g/mol. The second-order valence-electron chi connectivity index (χ2n) is 10.2. The van der Waals surface area contributed by atoms with Gasteiger partial charge in [0.1, 0.15) is 5.75 Å². The van der Waals surface area contributed by atoms with Crippen LogP contribution in [0.15, 0.2) is 65.6 Å². The number of nitrogens with zero attached hydrogens (tertiary/aromatic N) is 1. The van der Waals surface area contributed by atoms with Crippen LogP contribution in [0.3, 0.4) is 0 Å². The molecule has 3 heteroatoms. The van der Waals surface area contributed by atoms with Crippen LogP contribution in [0.2, 0.25) is 0 Å². The number of phenolic OH excluding ortho intramolecular Hbond substituents is 1. The highest BCUT2D eigenvalue weighted by Gasteiger charge is 2.29. The molecule has 1 N–H and O–H groups in total. The molecule has 0 fully saturated rings. The Bertz CT molecular complexity index is 1060. The minimum Gasteiger partial charge on any atom is -0.507 e. The Kier molecular flexibility index (Phi) is 5.68. The molecule has 3 nitrogen and oxygen atoms in total. The van der Waals surface area contributed by atoms with E-state index in [2.05, 4.69) is 84.9 Å². The van der Waals surface area contributed by atoms with Gasteiger partial charge in [-0.3, -0.25) is 4.79 Å². The Balaban J connectivity index is 2.37. The van der Waals surface area contributed by atoms with Gasteiger partial charge < -0.3 is 9.67 Å². The first kappa shape index (κ1) is 21.9. The molecular weight excluding hydrogens is 370 g/mol. The fourth-order valence-electron chi connectivity index (χ4n) is 3.87. The number of hydrogen-bond donors (Lipinski definition) is 1. The summed E-state index contributed by atoms with van der Waals surface area (Å²) in [6.07, 6.45) is 1.84. The van der Waals surface area contributed by atoms with E-state index >= 15 is 0 Å². The standard InChI is InChI=1S/C27H33NO2/c1-18-11-13-19(14-12-18)24(28-15-9-8-10-23(28)29)20-16-21(26(2,3)4)25(30)22(17-20)27(5,6)7/h8-17,24,30H,1-7H3/t24-/m0/s1. The van der Waals surface area contributed by atoms with E-state index in [1.165, 1.54) is 5.56 Å². The number of hydrogen-bond acceptors (Lipinski definition) is 2. The van der Waals surface area contributed by atoms with Crippen molar-refractivity contribution in [3.05, 3.63) is 99.0 Å². The molecule has 0 saturated carbocycles. The molecule has 0 aliphatic carbocycles. The van der Waals surface area contributed by atoms with Crippen LogP contribution in [-0.2, 0) is 10.8 Å². The summed E-state index contributed by atoms with van der Waals surface area (Å²) < 4.78 is 1.77. The highest BCUT2D eigenvalue weighted by atomic mass is 16.3. The molecule has 0 aliphatic heterocycles. The molecule has 3 aromatic rings. The first-order valence-electron chi connectivity index (χ1n) is 10.5. The molecule has 1 atom stereocenters. The van der Waals surface area contributed by atoms with Gasteiger partial charge in [-0.05, 0) is 58.2 Å². The summed E-state index contributed by atoms with van der Waals surface area (Å²) in [5, 5.41) is 11.1.